The van der Waals surface area contributed by atoms with E-state index in [-0.39, 0.29) is 0 Å². The number of thiol groups is 1. The molecule has 2 fully saturated rings. The van der Waals surface area contributed by atoms with Crippen molar-refractivity contribution in [3.05, 3.63) is 0 Å². The van der Waals surface area contributed by atoms with Gasteiger partial charge in [-0.2, -0.15) is 12.6 Å². The van der Waals surface area contributed by atoms with Gasteiger partial charge in [0.25, 0.3) is 0 Å². The highest BCUT2D eigenvalue weighted by Crippen LogP contribution is 2.47. The lowest BCUT2D eigenvalue weighted by atomic mass is 10.0. The maximum atomic E-state index is 4.56. The lowest BCUT2D eigenvalue weighted by molar-refractivity contribution is 0.158. The molecule has 0 aromatic carbocycles. The molecular weight excluding hydrogens is 226 g/mol. The third-order valence-corrected chi connectivity index (χ3v) is 5.34. The standard InChI is InChI=1S/C15H29NS/c1-13(2)7-10-16(14-5-3-4-6-14)11-15(12-17)8-9-15/h13-14,17H,3-12H2,1-2H3. The third-order valence-electron chi connectivity index (χ3n) is 4.67. The summed E-state index contributed by atoms with van der Waals surface area (Å²) < 4.78 is 0. The average Bonchev–Trinajstić information content (AvgIpc) is 2.87. The van der Waals surface area contributed by atoms with Crippen molar-refractivity contribution < 1.29 is 0 Å². The third kappa shape index (κ3) is 3.89. The Labute approximate surface area is 113 Å². The smallest absolute Gasteiger partial charge is 0.00954 e. The van der Waals surface area contributed by atoms with Gasteiger partial charge in [-0.05, 0) is 55.7 Å². The molecule has 0 saturated heterocycles. The number of rotatable bonds is 7. The largest absolute Gasteiger partial charge is 0.300 e. The van der Waals surface area contributed by atoms with Gasteiger partial charge in [-0.1, -0.05) is 26.7 Å². The van der Waals surface area contributed by atoms with Gasteiger partial charge in [0, 0.05) is 12.6 Å². The summed E-state index contributed by atoms with van der Waals surface area (Å²) in [5.41, 5.74) is 0.600. The molecule has 0 spiro atoms. The molecule has 2 aliphatic rings. The van der Waals surface area contributed by atoms with Gasteiger partial charge in [0.05, 0.1) is 0 Å². The van der Waals surface area contributed by atoms with E-state index in [1.807, 2.05) is 0 Å². The predicted octanol–water partition coefficient (Wildman–Crippen LogP) is 3.99. The summed E-state index contributed by atoms with van der Waals surface area (Å²) in [7, 11) is 0. The highest BCUT2D eigenvalue weighted by atomic mass is 32.1. The number of hydrogen-bond acceptors (Lipinski definition) is 2. The zero-order valence-electron chi connectivity index (χ0n) is 11.6. The Kier molecular flexibility index (Phi) is 4.82. The van der Waals surface area contributed by atoms with Gasteiger partial charge in [0.2, 0.25) is 0 Å². The molecule has 2 aliphatic carbocycles. The molecule has 0 aromatic heterocycles. The summed E-state index contributed by atoms with van der Waals surface area (Å²) in [6.07, 6.45) is 10.00. The maximum absolute atomic E-state index is 4.56. The Hall–Kier alpha value is 0.310. The van der Waals surface area contributed by atoms with Crippen LogP contribution in [0.15, 0.2) is 0 Å². The molecule has 100 valence electrons. The van der Waals surface area contributed by atoms with E-state index >= 15 is 0 Å². The fraction of sp³-hybridized carbons (Fsp3) is 1.00. The van der Waals surface area contributed by atoms with E-state index in [2.05, 4.69) is 31.4 Å². The van der Waals surface area contributed by atoms with E-state index in [1.54, 1.807) is 0 Å². The first-order valence-corrected chi connectivity index (χ1v) is 8.13. The lowest BCUT2D eigenvalue weighted by Crippen LogP contribution is -2.39. The van der Waals surface area contributed by atoms with Gasteiger partial charge < -0.3 is 0 Å². The van der Waals surface area contributed by atoms with Gasteiger partial charge in [-0.15, -0.1) is 0 Å². The summed E-state index contributed by atoms with van der Waals surface area (Å²) >= 11 is 4.56. The van der Waals surface area contributed by atoms with Crippen LogP contribution in [0.4, 0.5) is 0 Å². The van der Waals surface area contributed by atoms with Gasteiger partial charge in [0.1, 0.15) is 0 Å². The summed E-state index contributed by atoms with van der Waals surface area (Å²) in [6.45, 7) is 7.34. The molecule has 0 aliphatic heterocycles. The lowest BCUT2D eigenvalue weighted by Gasteiger charge is -2.32. The molecule has 0 bridgehead atoms. The zero-order valence-corrected chi connectivity index (χ0v) is 12.5. The van der Waals surface area contributed by atoms with Crippen molar-refractivity contribution in [2.75, 3.05) is 18.8 Å². The minimum absolute atomic E-state index is 0.600. The topological polar surface area (TPSA) is 3.24 Å². The van der Waals surface area contributed by atoms with Crippen LogP contribution in [0, 0.1) is 11.3 Å². The van der Waals surface area contributed by atoms with Crippen LogP contribution < -0.4 is 0 Å². The summed E-state index contributed by atoms with van der Waals surface area (Å²) in [5.74, 6) is 1.93. The molecule has 0 N–H and O–H groups in total. The van der Waals surface area contributed by atoms with Crippen LogP contribution in [0.1, 0.15) is 58.8 Å². The molecular formula is C15H29NS. The second-order valence-corrected chi connectivity index (χ2v) is 7.07. The highest BCUT2D eigenvalue weighted by molar-refractivity contribution is 7.80. The first-order chi connectivity index (χ1) is 8.15. The average molecular weight is 255 g/mol. The summed E-state index contributed by atoms with van der Waals surface area (Å²) in [4.78, 5) is 2.82. The quantitative estimate of drug-likeness (QED) is 0.673. The monoisotopic (exact) mass is 255 g/mol. The van der Waals surface area contributed by atoms with E-state index in [9.17, 15) is 0 Å². The van der Waals surface area contributed by atoms with Gasteiger partial charge in [-0.25, -0.2) is 0 Å². The van der Waals surface area contributed by atoms with Gasteiger partial charge in [-0.3, -0.25) is 4.90 Å². The van der Waals surface area contributed by atoms with Crippen molar-refractivity contribution in [1.29, 1.82) is 0 Å². The minimum atomic E-state index is 0.600. The molecule has 0 heterocycles. The SMILES string of the molecule is CC(C)CCN(CC1(CS)CC1)C1CCCC1. The first kappa shape index (κ1) is 13.7. The number of hydrogen-bond donors (Lipinski definition) is 1. The van der Waals surface area contributed by atoms with Crippen LogP contribution in [0.5, 0.6) is 0 Å². The summed E-state index contributed by atoms with van der Waals surface area (Å²) in [6, 6.07) is 0.895. The molecule has 0 amide bonds. The fourth-order valence-corrected chi connectivity index (χ4v) is 3.47. The molecule has 2 rings (SSSR count). The van der Waals surface area contributed by atoms with Crippen LogP contribution in [-0.4, -0.2) is 29.8 Å². The minimum Gasteiger partial charge on any atom is -0.300 e. The Morgan fingerprint density at radius 1 is 1.24 bits per heavy atom. The molecule has 2 saturated carbocycles. The van der Waals surface area contributed by atoms with Crippen molar-refractivity contribution in [3.63, 3.8) is 0 Å². The van der Waals surface area contributed by atoms with Crippen LogP contribution in [0.2, 0.25) is 0 Å². The van der Waals surface area contributed by atoms with Crippen LogP contribution >= 0.6 is 12.6 Å². The van der Waals surface area contributed by atoms with Gasteiger partial charge >= 0.3 is 0 Å². The van der Waals surface area contributed by atoms with Crippen molar-refractivity contribution >= 4 is 12.6 Å². The van der Waals surface area contributed by atoms with Crippen LogP contribution in [0.25, 0.3) is 0 Å². The van der Waals surface area contributed by atoms with Crippen molar-refractivity contribution in [2.45, 2.75) is 64.8 Å². The fourth-order valence-electron chi connectivity index (χ4n) is 3.06. The normalized spacial score (nSPS) is 23.8. The summed E-state index contributed by atoms with van der Waals surface area (Å²) in [5, 5.41) is 0. The molecule has 2 heteroatoms. The maximum Gasteiger partial charge on any atom is 0.00954 e. The molecule has 0 aromatic rings. The van der Waals surface area contributed by atoms with Gasteiger partial charge in [0.15, 0.2) is 0 Å². The molecule has 0 unspecified atom stereocenters. The van der Waals surface area contributed by atoms with E-state index in [4.69, 9.17) is 0 Å². The van der Waals surface area contributed by atoms with E-state index in [0.29, 0.717) is 5.41 Å². The Morgan fingerprint density at radius 2 is 1.88 bits per heavy atom. The van der Waals surface area contributed by atoms with E-state index in [0.717, 1.165) is 17.7 Å². The Bertz CT molecular complexity index is 229. The van der Waals surface area contributed by atoms with Crippen molar-refractivity contribution in [1.82, 2.24) is 4.90 Å². The Morgan fingerprint density at radius 3 is 2.35 bits per heavy atom. The zero-order chi connectivity index (χ0) is 12.3. The molecule has 0 atom stereocenters. The molecule has 0 radical (unpaired) electrons. The van der Waals surface area contributed by atoms with Crippen LogP contribution in [0.3, 0.4) is 0 Å². The predicted molar refractivity (Wildman–Crippen MR) is 78.8 cm³/mol. The highest BCUT2D eigenvalue weighted by Gasteiger charge is 2.43. The van der Waals surface area contributed by atoms with E-state index < -0.39 is 0 Å². The number of nitrogens with zero attached hydrogens (tertiary/aromatic N) is 1. The second-order valence-electron chi connectivity index (χ2n) is 6.75. The Balaban J connectivity index is 1.86. The first-order valence-electron chi connectivity index (χ1n) is 7.50. The van der Waals surface area contributed by atoms with Crippen molar-refractivity contribution in [2.24, 2.45) is 11.3 Å². The van der Waals surface area contributed by atoms with Crippen molar-refractivity contribution in [3.8, 4) is 0 Å². The van der Waals surface area contributed by atoms with Crippen LogP contribution in [-0.2, 0) is 0 Å². The van der Waals surface area contributed by atoms with E-state index in [1.165, 1.54) is 58.0 Å². The molecule has 1 nitrogen and oxygen atoms in total. The molecule has 17 heavy (non-hydrogen) atoms. The second kappa shape index (κ2) is 5.97.